The summed E-state index contributed by atoms with van der Waals surface area (Å²) in [5.74, 6) is -1.72. The van der Waals surface area contributed by atoms with Crippen LogP contribution < -0.4 is 9.47 Å². The lowest BCUT2D eigenvalue weighted by Crippen LogP contribution is -2.29. The molecule has 196 valence electrons. The molecule has 0 saturated carbocycles. The molecule has 0 aliphatic carbocycles. The maximum Gasteiger partial charge on any atom is 0.573 e. The topological polar surface area (TPSA) is 65.1 Å². The van der Waals surface area contributed by atoms with Crippen molar-refractivity contribution in [3.63, 3.8) is 0 Å². The third-order valence-corrected chi connectivity index (χ3v) is 5.23. The van der Waals surface area contributed by atoms with Crippen LogP contribution >= 0.6 is 15.9 Å². The van der Waals surface area contributed by atoms with E-state index in [0.29, 0.717) is 16.0 Å². The summed E-state index contributed by atoms with van der Waals surface area (Å²) in [5.41, 5.74) is 1.86. The van der Waals surface area contributed by atoms with Crippen molar-refractivity contribution in [3.8, 4) is 11.5 Å². The Labute approximate surface area is 214 Å². The number of amides is 2. The first-order valence-electron chi connectivity index (χ1n) is 10.2. The smallest absolute Gasteiger partial charge is 0.406 e. The van der Waals surface area contributed by atoms with Crippen LogP contribution in [0.3, 0.4) is 0 Å². The first-order valence-corrected chi connectivity index (χ1v) is 11.3. The molecule has 0 atom stereocenters. The third kappa shape index (κ3) is 8.22. The van der Waals surface area contributed by atoms with Crippen LogP contribution in [-0.2, 0) is 16.8 Å². The molecule has 1 aliphatic rings. The summed E-state index contributed by atoms with van der Waals surface area (Å²) in [6.07, 6.45) is -9.38. The van der Waals surface area contributed by atoms with Gasteiger partial charge in [0.25, 0.3) is 11.8 Å². The Morgan fingerprint density at radius 3 is 1.43 bits per heavy atom. The molecule has 37 heavy (non-hydrogen) atoms. The molecule has 2 amide bonds. The maximum absolute atomic E-state index is 12.1. The number of alkyl halides is 7. The SMILES string of the molecule is FC(F)(F)Oc1ccc(CBr)cc1.O=C1c2ccccc2C(=O)N1OCc1ccc(OC(F)(F)F)cc1. The van der Waals surface area contributed by atoms with Gasteiger partial charge in [-0.15, -0.1) is 31.4 Å². The van der Waals surface area contributed by atoms with E-state index in [-0.39, 0.29) is 29.2 Å². The number of hydrogen-bond acceptors (Lipinski definition) is 5. The average molecular weight is 592 g/mol. The highest BCUT2D eigenvalue weighted by Crippen LogP contribution is 2.26. The zero-order valence-electron chi connectivity index (χ0n) is 18.5. The number of ether oxygens (including phenoxy) is 2. The van der Waals surface area contributed by atoms with Gasteiger partial charge in [0.15, 0.2) is 0 Å². The van der Waals surface area contributed by atoms with Crippen LogP contribution in [0.1, 0.15) is 31.8 Å². The molecule has 0 aromatic heterocycles. The first-order chi connectivity index (χ1) is 17.4. The number of carbonyl (C=O) groups is 2. The molecule has 3 aromatic carbocycles. The second-order valence-corrected chi connectivity index (χ2v) is 7.80. The summed E-state index contributed by atoms with van der Waals surface area (Å²) in [6.45, 7) is -0.155. The van der Waals surface area contributed by atoms with Gasteiger partial charge in [-0.25, -0.2) is 0 Å². The summed E-state index contributed by atoms with van der Waals surface area (Å²) in [6, 6.07) is 16.9. The van der Waals surface area contributed by atoms with Gasteiger partial charge in [-0.05, 0) is 47.5 Å². The monoisotopic (exact) mass is 591 g/mol. The average Bonchev–Trinajstić information content (AvgIpc) is 3.07. The highest BCUT2D eigenvalue weighted by atomic mass is 79.9. The largest absolute Gasteiger partial charge is 0.573 e. The number of halogens is 7. The fourth-order valence-electron chi connectivity index (χ4n) is 2.99. The van der Waals surface area contributed by atoms with Gasteiger partial charge >= 0.3 is 12.7 Å². The van der Waals surface area contributed by atoms with Gasteiger partial charge < -0.3 is 9.47 Å². The summed E-state index contributed by atoms with van der Waals surface area (Å²) in [5, 5.41) is 1.25. The van der Waals surface area contributed by atoms with E-state index in [2.05, 4.69) is 25.4 Å². The van der Waals surface area contributed by atoms with Gasteiger partial charge in [-0.2, -0.15) is 0 Å². The van der Waals surface area contributed by atoms with Crippen LogP contribution in [-0.4, -0.2) is 29.6 Å². The van der Waals surface area contributed by atoms with E-state index >= 15 is 0 Å². The number of carbonyl (C=O) groups excluding carboxylic acids is 2. The molecule has 13 heteroatoms. The molecule has 0 radical (unpaired) electrons. The van der Waals surface area contributed by atoms with Crippen molar-refractivity contribution in [1.82, 2.24) is 5.06 Å². The predicted molar refractivity (Wildman–Crippen MR) is 121 cm³/mol. The van der Waals surface area contributed by atoms with Gasteiger partial charge in [0, 0.05) is 5.33 Å². The Hall–Kier alpha value is -3.58. The number of hydrogen-bond donors (Lipinski definition) is 0. The molecule has 0 N–H and O–H groups in total. The lowest BCUT2D eigenvalue weighted by atomic mass is 10.1. The van der Waals surface area contributed by atoms with E-state index < -0.39 is 24.5 Å². The zero-order chi connectivity index (χ0) is 27.2. The Balaban J connectivity index is 0.000000248. The van der Waals surface area contributed by atoms with E-state index in [0.717, 1.165) is 17.7 Å². The highest BCUT2D eigenvalue weighted by Gasteiger charge is 2.36. The van der Waals surface area contributed by atoms with Crippen LogP contribution in [0.25, 0.3) is 0 Å². The van der Waals surface area contributed by atoms with Crippen molar-refractivity contribution < 1.29 is 50.2 Å². The molecule has 3 aromatic rings. The highest BCUT2D eigenvalue weighted by molar-refractivity contribution is 9.08. The first kappa shape index (κ1) is 28.0. The Kier molecular flexibility index (Phi) is 8.81. The predicted octanol–water partition coefficient (Wildman–Crippen LogP) is 6.79. The van der Waals surface area contributed by atoms with Crippen LogP contribution in [0.2, 0.25) is 0 Å². The number of imide groups is 1. The number of fused-ring (bicyclic) bond motifs is 1. The van der Waals surface area contributed by atoms with Gasteiger partial charge in [0.05, 0.1) is 11.1 Å². The van der Waals surface area contributed by atoms with Gasteiger partial charge in [0.2, 0.25) is 0 Å². The Morgan fingerprint density at radius 1 is 0.649 bits per heavy atom. The maximum atomic E-state index is 12.1. The quantitative estimate of drug-likeness (QED) is 0.179. The summed E-state index contributed by atoms with van der Waals surface area (Å²) < 4.78 is 78.8. The molecule has 0 spiro atoms. The van der Waals surface area contributed by atoms with E-state index in [1.54, 1.807) is 24.3 Å². The molecule has 1 heterocycles. The number of rotatable bonds is 6. The minimum absolute atomic E-state index is 0.155. The van der Waals surface area contributed by atoms with Gasteiger partial charge in [-0.3, -0.25) is 14.4 Å². The zero-order valence-corrected chi connectivity index (χ0v) is 20.1. The molecular weight excluding hydrogens is 576 g/mol. The number of nitrogens with zero attached hydrogens (tertiary/aromatic N) is 1. The lowest BCUT2D eigenvalue weighted by molar-refractivity contribution is -0.275. The van der Waals surface area contributed by atoms with Crippen molar-refractivity contribution in [3.05, 3.63) is 95.1 Å². The van der Waals surface area contributed by atoms with Gasteiger partial charge in [0.1, 0.15) is 18.1 Å². The van der Waals surface area contributed by atoms with Crippen LogP contribution in [0.4, 0.5) is 26.3 Å². The fourth-order valence-corrected chi connectivity index (χ4v) is 3.36. The van der Waals surface area contributed by atoms with Crippen molar-refractivity contribution in [2.24, 2.45) is 0 Å². The summed E-state index contributed by atoms with van der Waals surface area (Å²) in [4.78, 5) is 29.4. The minimum Gasteiger partial charge on any atom is -0.406 e. The molecule has 1 aliphatic heterocycles. The number of hydroxylamine groups is 2. The van der Waals surface area contributed by atoms with Gasteiger partial charge in [-0.1, -0.05) is 52.3 Å². The molecule has 0 bridgehead atoms. The molecule has 4 rings (SSSR count). The van der Waals surface area contributed by atoms with Crippen molar-refractivity contribution in [2.45, 2.75) is 24.7 Å². The molecule has 6 nitrogen and oxygen atoms in total. The Morgan fingerprint density at radius 2 is 1.05 bits per heavy atom. The van der Waals surface area contributed by atoms with Crippen molar-refractivity contribution in [1.29, 1.82) is 0 Å². The van der Waals surface area contributed by atoms with Crippen LogP contribution in [0.15, 0.2) is 72.8 Å². The van der Waals surface area contributed by atoms with Crippen molar-refractivity contribution >= 4 is 27.7 Å². The molecule has 0 fully saturated rings. The second kappa shape index (κ2) is 11.6. The molecule has 0 unspecified atom stereocenters. The standard InChI is InChI=1S/C16H10F3NO4.C8H6BrF3O/c17-16(18,19)24-11-7-5-10(6-8-11)9-23-20-14(21)12-3-1-2-4-13(12)15(20)22;9-5-6-1-3-7(4-2-6)13-8(10,11)12/h1-8H,9H2;1-4H,5H2. The fraction of sp³-hybridized carbons (Fsp3) is 0.167. The normalized spacial score (nSPS) is 13.1. The summed E-state index contributed by atoms with van der Waals surface area (Å²) >= 11 is 3.18. The summed E-state index contributed by atoms with van der Waals surface area (Å²) in [7, 11) is 0. The molecular formula is C24H16BrF6NO5. The second-order valence-electron chi connectivity index (χ2n) is 7.24. The third-order valence-electron chi connectivity index (χ3n) is 4.59. The van der Waals surface area contributed by atoms with E-state index in [9.17, 15) is 35.9 Å². The molecule has 0 saturated heterocycles. The van der Waals surface area contributed by atoms with Crippen LogP contribution in [0, 0.1) is 0 Å². The van der Waals surface area contributed by atoms with E-state index in [1.165, 1.54) is 36.4 Å². The van der Waals surface area contributed by atoms with E-state index in [4.69, 9.17) is 4.84 Å². The number of benzene rings is 3. The van der Waals surface area contributed by atoms with Crippen LogP contribution in [0.5, 0.6) is 11.5 Å². The lowest BCUT2D eigenvalue weighted by Gasteiger charge is -2.14. The van der Waals surface area contributed by atoms with E-state index in [1.807, 2.05) is 0 Å². The minimum atomic E-state index is -4.77. The Bertz CT molecular complexity index is 1200. The van der Waals surface area contributed by atoms with Crippen molar-refractivity contribution in [2.75, 3.05) is 0 Å².